The third kappa shape index (κ3) is 2.87. The number of ether oxygens (including phenoxy) is 1. The lowest BCUT2D eigenvalue weighted by Crippen LogP contribution is -2.37. The molecule has 1 amide bonds. The molecule has 0 unspecified atom stereocenters. The van der Waals surface area contributed by atoms with Crippen LogP contribution in [0.1, 0.15) is 19.8 Å². The van der Waals surface area contributed by atoms with Crippen molar-refractivity contribution in [2.45, 2.75) is 25.3 Å². The molecule has 1 heterocycles. The predicted octanol–water partition coefficient (Wildman–Crippen LogP) is 2.55. The van der Waals surface area contributed by atoms with Crippen LogP contribution in [0, 0.1) is 0 Å². The smallest absolute Gasteiger partial charge is 0.246 e. The molecule has 3 rings (SSSR count). The highest BCUT2D eigenvalue weighted by Gasteiger charge is 2.46. The average molecular weight is 314 g/mol. The van der Waals surface area contributed by atoms with Crippen LogP contribution in [0.15, 0.2) is 18.2 Å². The molecular weight excluding hydrogens is 298 g/mol. The van der Waals surface area contributed by atoms with E-state index in [0.29, 0.717) is 11.7 Å². The number of nitrogens with zero attached hydrogens (tertiary/aromatic N) is 1. The summed E-state index contributed by atoms with van der Waals surface area (Å²) in [5, 5.41) is 3.38. The van der Waals surface area contributed by atoms with E-state index in [9.17, 15) is 4.79 Å². The zero-order valence-electron chi connectivity index (χ0n) is 11.0. The van der Waals surface area contributed by atoms with E-state index in [1.807, 2.05) is 25.1 Å². The highest BCUT2D eigenvalue weighted by Crippen LogP contribution is 2.35. The number of thiazole rings is 1. The fourth-order valence-electron chi connectivity index (χ4n) is 1.80. The number of rotatable bonds is 4. The molecule has 1 saturated carbocycles. The number of benzene rings is 1. The quantitative estimate of drug-likeness (QED) is 0.909. The zero-order valence-corrected chi connectivity index (χ0v) is 12.6. The van der Waals surface area contributed by atoms with Gasteiger partial charge in [-0.15, -0.1) is 12.4 Å². The summed E-state index contributed by atoms with van der Waals surface area (Å²) >= 11 is 1.43. The molecule has 7 heteroatoms. The third-order valence-electron chi connectivity index (χ3n) is 3.13. The van der Waals surface area contributed by atoms with Gasteiger partial charge < -0.3 is 15.8 Å². The first-order valence-corrected chi connectivity index (χ1v) is 7.06. The van der Waals surface area contributed by atoms with Gasteiger partial charge in [0.15, 0.2) is 5.13 Å². The minimum Gasteiger partial charge on any atom is -0.494 e. The number of anilines is 1. The molecule has 0 radical (unpaired) electrons. The number of amides is 1. The van der Waals surface area contributed by atoms with Gasteiger partial charge in [0.25, 0.3) is 0 Å². The van der Waals surface area contributed by atoms with E-state index in [0.717, 1.165) is 28.8 Å². The fourth-order valence-corrected chi connectivity index (χ4v) is 2.69. The second kappa shape index (κ2) is 5.55. The van der Waals surface area contributed by atoms with Gasteiger partial charge in [-0.2, -0.15) is 0 Å². The van der Waals surface area contributed by atoms with E-state index in [4.69, 9.17) is 10.5 Å². The minimum absolute atomic E-state index is 0. The molecule has 1 aliphatic carbocycles. The van der Waals surface area contributed by atoms with Crippen molar-refractivity contribution in [3.63, 3.8) is 0 Å². The molecule has 1 fully saturated rings. The summed E-state index contributed by atoms with van der Waals surface area (Å²) in [6.07, 6.45) is 1.50. The van der Waals surface area contributed by atoms with Crippen molar-refractivity contribution in [2.24, 2.45) is 5.73 Å². The molecule has 0 atom stereocenters. The zero-order chi connectivity index (χ0) is 13.5. The van der Waals surface area contributed by atoms with Crippen molar-refractivity contribution in [3.8, 4) is 5.75 Å². The van der Waals surface area contributed by atoms with E-state index >= 15 is 0 Å². The number of fused-ring (bicyclic) bond motifs is 1. The Hall–Kier alpha value is -1.37. The Kier molecular flexibility index (Phi) is 4.17. The molecule has 20 heavy (non-hydrogen) atoms. The van der Waals surface area contributed by atoms with E-state index in [2.05, 4.69) is 10.3 Å². The van der Waals surface area contributed by atoms with Gasteiger partial charge in [0.05, 0.1) is 22.4 Å². The van der Waals surface area contributed by atoms with Crippen LogP contribution in [0.5, 0.6) is 5.75 Å². The van der Waals surface area contributed by atoms with Crippen LogP contribution in [0.25, 0.3) is 10.2 Å². The molecule has 1 aromatic heterocycles. The molecule has 1 aliphatic rings. The largest absolute Gasteiger partial charge is 0.494 e. The molecule has 1 aromatic carbocycles. The maximum absolute atomic E-state index is 11.8. The van der Waals surface area contributed by atoms with Crippen LogP contribution >= 0.6 is 23.7 Å². The summed E-state index contributed by atoms with van der Waals surface area (Å²) in [6.45, 7) is 2.57. The summed E-state index contributed by atoms with van der Waals surface area (Å²) in [6, 6.07) is 5.70. The first kappa shape index (κ1) is 15.0. The number of nitrogens with one attached hydrogen (secondary N) is 1. The molecule has 0 bridgehead atoms. The summed E-state index contributed by atoms with van der Waals surface area (Å²) in [5.74, 6) is 0.672. The number of carbonyl (C=O) groups is 1. The molecule has 3 N–H and O–H groups in total. The first-order valence-electron chi connectivity index (χ1n) is 6.24. The molecule has 0 saturated heterocycles. The summed E-state index contributed by atoms with van der Waals surface area (Å²) in [5.41, 5.74) is 6.02. The third-order valence-corrected chi connectivity index (χ3v) is 4.07. The highest BCUT2D eigenvalue weighted by atomic mass is 35.5. The molecule has 2 aromatic rings. The fraction of sp³-hybridized carbons (Fsp3) is 0.385. The van der Waals surface area contributed by atoms with Crippen LogP contribution in [0.2, 0.25) is 0 Å². The van der Waals surface area contributed by atoms with E-state index in [1.54, 1.807) is 0 Å². The van der Waals surface area contributed by atoms with Crippen LogP contribution < -0.4 is 15.8 Å². The normalized spacial score (nSPS) is 15.5. The number of hydrogen-bond acceptors (Lipinski definition) is 5. The highest BCUT2D eigenvalue weighted by molar-refractivity contribution is 7.22. The van der Waals surface area contributed by atoms with Gasteiger partial charge in [-0.05, 0) is 38.0 Å². The van der Waals surface area contributed by atoms with E-state index in [1.165, 1.54) is 11.3 Å². The van der Waals surface area contributed by atoms with Gasteiger partial charge >= 0.3 is 0 Å². The van der Waals surface area contributed by atoms with Crippen LogP contribution in [-0.4, -0.2) is 23.0 Å². The molecule has 0 spiro atoms. The summed E-state index contributed by atoms with van der Waals surface area (Å²) in [7, 11) is 0. The van der Waals surface area contributed by atoms with Crippen LogP contribution in [-0.2, 0) is 4.79 Å². The number of halogens is 1. The number of aromatic nitrogens is 1. The topological polar surface area (TPSA) is 77.2 Å². The molecule has 5 nitrogen and oxygen atoms in total. The van der Waals surface area contributed by atoms with E-state index < -0.39 is 5.54 Å². The number of hydrogen-bond donors (Lipinski definition) is 2. The van der Waals surface area contributed by atoms with Gasteiger partial charge in [0, 0.05) is 0 Å². The van der Waals surface area contributed by atoms with Crippen molar-refractivity contribution < 1.29 is 9.53 Å². The van der Waals surface area contributed by atoms with Gasteiger partial charge in [-0.25, -0.2) is 4.98 Å². The number of nitrogens with two attached hydrogens (primary N) is 1. The van der Waals surface area contributed by atoms with Gasteiger partial charge in [-0.3, -0.25) is 4.79 Å². The van der Waals surface area contributed by atoms with E-state index in [-0.39, 0.29) is 18.3 Å². The number of carbonyl (C=O) groups excluding carboxylic acids is 1. The Bertz CT molecular complexity index is 640. The second-order valence-corrected chi connectivity index (χ2v) is 5.72. The summed E-state index contributed by atoms with van der Waals surface area (Å²) < 4.78 is 6.43. The second-order valence-electron chi connectivity index (χ2n) is 4.69. The minimum atomic E-state index is -0.672. The van der Waals surface area contributed by atoms with Crippen molar-refractivity contribution >= 4 is 45.0 Å². The SMILES string of the molecule is CCOc1ccc2nc(NC(=O)C3(N)CC3)sc2c1.Cl. The van der Waals surface area contributed by atoms with Gasteiger partial charge in [0.1, 0.15) is 5.75 Å². The Morgan fingerprint density at radius 2 is 2.30 bits per heavy atom. The Morgan fingerprint density at radius 1 is 1.55 bits per heavy atom. The lowest BCUT2D eigenvalue weighted by Gasteiger charge is -2.06. The van der Waals surface area contributed by atoms with Crippen LogP contribution in [0.4, 0.5) is 5.13 Å². The maximum atomic E-state index is 11.8. The summed E-state index contributed by atoms with van der Waals surface area (Å²) in [4.78, 5) is 16.2. The van der Waals surface area contributed by atoms with Gasteiger partial charge in [-0.1, -0.05) is 11.3 Å². The first-order chi connectivity index (χ1) is 9.10. The van der Waals surface area contributed by atoms with Crippen molar-refractivity contribution in [3.05, 3.63) is 18.2 Å². The lowest BCUT2D eigenvalue weighted by atomic mass is 10.3. The molecule has 0 aliphatic heterocycles. The van der Waals surface area contributed by atoms with Crippen molar-refractivity contribution in [1.29, 1.82) is 0 Å². The molecule has 108 valence electrons. The standard InChI is InChI=1S/C13H15N3O2S.ClH/c1-2-18-8-3-4-9-10(7-8)19-12(15-9)16-11(17)13(14)5-6-13;/h3-4,7H,2,5-6,14H2,1H3,(H,15,16,17);1H. The lowest BCUT2D eigenvalue weighted by molar-refractivity contribution is -0.118. The Labute approximate surface area is 126 Å². The van der Waals surface area contributed by atoms with Crippen molar-refractivity contribution in [2.75, 3.05) is 11.9 Å². The maximum Gasteiger partial charge on any atom is 0.246 e. The Balaban J connectivity index is 0.00000147. The van der Waals surface area contributed by atoms with Crippen molar-refractivity contribution in [1.82, 2.24) is 4.98 Å². The van der Waals surface area contributed by atoms with Gasteiger partial charge in [0.2, 0.25) is 5.91 Å². The Morgan fingerprint density at radius 3 is 2.95 bits per heavy atom. The average Bonchev–Trinajstić information content (AvgIpc) is 3.01. The molecular formula is C13H16ClN3O2S. The van der Waals surface area contributed by atoms with Crippen LogP contribution in [0.3, 0.4) is 0 Å². The monoisotopic (exact) mass is 313 g/mol. The predicted molar refractivity (Wildman–Crippen MR) is 82.8 cm³/mol.